The summed E-state index contributed by atoms with van der Waals surface area (Å²) in [5, 5.41) is 0.717. The van der Waals surface area contributed by atoms with Crippen molar-refractivity contribution in [3.63, 3.8) is 0 Å². The van der Waals surface area contributed by atoms with Gasteiger partial charge in [-0.1, -0.05) is 6.07 Å². The summed E-state index contributed by atoms with van der Waals surface area (Å²) in [7, 11) is 1.53. The zero-order valence-electron chi connectivity index (χ0n) is 13.1. The second-order valence-electron chi connectivity index (χ2n) is 5.51. The summed E-state index contributed by atoms with van der Waals surface area (Å²) in [6.45, 7) is 0.230. The van der Waals surface area contributed by atoms with Gasteiger partial charge < -0.3 is 9.72 Å². The molecule has 0 spiro atoms. The minimum atomic E-state index is -0.372. The van der Waals surface area contributed by atoms with E-state index in [0.29, 0.717) is 38.0 Å². The number of fused-ring (bicyclic) bond motifs is 3. The molecule has 3 heterocycles. The Labute approximate surface area is 149 Å². The smallest absolute Gasteiger partial charge is 0.326 e. The second-order valence-corrected chi connectivity index (χ2v) is 6.36. The van der Waals surface area contributed by atoms with Crippen molar-refractivity contribution in [2.24, 2.45) is 0 Å². The molecule has 126 valence electrons. The molecule has 1 aromatic carbocycles. The minimum absolute atomic E-state index is 0.230. The lowest BCUT2D eigenvalue weighted by atomic mass is 10.2. The second kappa shape index (κ2) is 5.96. The number of ether oxygens (including phenoxy) is 1. The van der Waals surface area contributed by atoms with E-state index in [9.17, 15) is 9.18 Å². The molecular formula is C17H12BrFN4O2. The number of nitrogens with zero attached hydrogens (tertiary/aromatic N) is 3. The highest BCUT2D eigenvalue weighted by Gasteiger charge is 2.13. The Morgan fingerprint density at radius 1 is 1.32 bits per heavy atom. The largest absolute Gasteiger partial charge is 0.481 e. The van der Waals surface area contributed by atoms with E-state index in [4.69, 9.17) is 4.74 Å². The molecule has 0 aliphatic rings. The Morgan fingerprint density at radius 2 is 2.16 bits per heavy atom. The van der Waals surface area contributed by atoms with E-state index < -0.39 is 0 Å². The third-order valence-electron chi connectivity index (χ3n) is 3.97. The number of imidazole rings is 1. The van der Waals surface area contributed by atoms with Gasteiger partial charge in [-0.2, -0.15) is 4.98 Å². The maximum absolute atomic E-state index is 13.8. The lowest BCUT2D eigenvalue weighted by Gasteiger charge is -2.07. The topological polar surface area (TPSA) is 72.8 Å². The van der Waals surface area contributed by atoms with Crippen LogP contribution < -0.4 is 10.4 Å². The molecule has 25 heavy (non-hydrogen) atoms. The van der Waals surface area contributed by atoms with E-state index in [1.165, 1.54) is 13.2 Å². The van der Waals surface area contributed by atoms with E-state index in [1.54, 1.807) is 29.0 Å². The number of pyridine rings is 2. The van der Waals surface area contributed by atoms with Crippen LogP contribution in [0.25, 0.3) is 22.1 Å². The Kier molecular flexibility index (Phi) is 3.76. The first-order valence-corrected chi connectivity index (χ1v) is 8.22. The van der Waals surface area contributed by atoms with E-state index >= 15 is 0 Å². The van der Waals surface area contributed by atoms with E-state index in [0.717, 1.165) is 0 Å². The van der Waals surface area contributed by atoms with Crippen LogP contribution >= 0.6 is 15.9 Å². The molecule has 0 fully saturated rings. The number of benzene rings is 1. The fourth-order valence-corrected chi connectivity index (χ4v) is 3.04. The molecule has 0 atom stereocenters. The fourth-order valence-electron chi connectivity index (χ4n) is 2.80. The van der Waals surface area contributed by atoms with Crippen LogP contribution in [0.1, 0.15) is 5.56 Å². The number of H-pyrrole nitrogens is 1. The molecular weight excluding hydrogens is 391 g/mol. The summed E-state index contributed by atoms with van der Waals surface area (Å²) in [4.78, 5) is 23.7. The Hall–Kier alpha value is -2.74. The molecule has 0 unspecified atom stereocenters. The highest BCUT2D eigenvalue weighted by atomic mass is 79.9. The number of rotatable bonds is 3. The Bertz CT molecular complexity index is 1170. The van der Waals surface area contributed by atoms with Crippen LogP contribution in [-0.4, -0.2) is 26.6 Å². The first-order valence-electron chi connectivity index (χ1n) is 7.43. The number of hydrogen-bond donors (Lipinski definition) is 1. The number of halogens is 2. The lowest BCUT2D eigenvalue weighted by Crippen LogP contribution is -2.17. The van der Waals surface area contributed by atoms with Crippen LogP contribution in [0.3, 0.4) is 0 Å². The monoisotopic (exact) mass is 402 g/mol. The zero-order valence-corrected chi connectivity index (χ0v) is 14.7. The molecule has 0 amide bonds. The molecule has 3 aromatic heterocycles. The highest BCUT2D eigenvalue weighted by molar-refractivity contribution is 9.10. The van der Waals surface area contributed by atoms with Gasteiger partial charge in [-0.25, -0.2) is 14.2 Å². The maximum atomic E-state index is 13.8. The third kappa shape index (κ3) is 2.68. The van der Waals surface area contributed by atoms with Crippen molar-refractivity contribution in [2.75, 3.05) is 7.11 Å². The average Bonchev–Trinajstić information content (AvgIpc) is 2.93. The maximum Gasteiger partial charge on any atom is 0.326 e. The summed E-state index contributed by atoms with van der Waals surface area (Å²) in [6.07, 6.45) is 1.56. The SMILES string of the molecule is COc1ccc2c(ncc3[nH]c(=O)n(Cc4ccc(Br)c(F)c4)c32)n1. The lowest BCUT2D eigenvalue weighted by molar-refractivity contribution is 0.399. The fraction of sp³-hybridized carbons (Fsp3) is 0.118. The van der Waals surface area contributed by atoms with E-state index in [2.05, 4.69) is 30.9 Å². The average molecular weight is 403 g/mol. The predicted molar refractivity (Wildman–Crippen MR) is 95.4 cm³/mol. The van der Waals surface area contributed by atoms with Crippen LogP contribution in [0.4, 0.5) is 4.39 Å². The zero-order chi connectivity index (χ0) is 17.6. The summed E-state index contributed by atoms with van der Waals surface area (Å²) in [5.41, 5.74) is 2.13. The number of hydrogen-bond acceptors (Lipinski definition) is 4. The van der Waals surface area contributed by atoms with Gasteiger partial charge in [0, 0.05) is 11.5 Å². The van der Waals surface area contributed by atoms with Gasteiger partial charge in [-0.3, -0.25) is 4.57 Å². The van der Waals surface area contributed by atoms with Crippen molar-refractivity contribution >= 4 is 38.0 Å². The summed E-state index contributed by atoms with van der Waals surface area (Å²) in [6, 6.07) is 8.31. The van der Waals surface area contributed by atoms with Crippen molar-refractivity contribution < 1.29 is 9.13 Å². The molecule has 0 saturated carbocycles. The normalized spacial score (nSPS) is 11.3. The number of nitrogens with one attached hydrogen (secondary N) is 1. The third-order valence-corrected chi connectivity index (χ3v) is 4.61. The number of methoxy groups -OCH3 is 1. The van der Waals surface area contributed by atoms with Gasteiger partial charge in [0.1, 0.15) is 5.82 Å². The van der Waals surface area contributed by atoms with Gasteiger partial charge in [0.05, 0.1) is 35.4 Å². The van der Waals surface area contributed by atoms with Crippen molar-refractivity contribution in [3.8, 4) is 5.88 Å². The molecule has 0 aliphatic heterocycles. The van der Waals surface area contributed by atoms with E-state index in [-0.39, 0.29) is 18.1 Å². The molecule has 1 N–H and O–H groups in total. The number of aromatic nitrogens is 4. The summed E-state index contributed by atoms with van der Waals surface area (Å²) >= 11 is 3.13. The summed E-state index contributed by atoms with van der Waals surface area (Å²) < 4.78 is 20.8. The van der Waals surface area contributed by atoms with Gasteiger partial charge in [0.2, 0.25) is 5.88 Å². The molecule has 6 nitrogen and oxygen atoms in total. The van der Waals surface area contributed by atoms with Crippen LogP contribution in [0.15, 0.2) is 45.8 Å². The molecule has 4 aromatic rings. The van der Waals surface area contributed by atoms with Gasteiger partial charge in [0.25, 0.3) is 0 Å². The molecule has 8 heteroatoms. The quantitative estimate of drug-likeness (QED) is 0.570. The van der Waals surface area contributed by atoms with Crippen molar-refractivity contribution in [1.82, 2.24) is 19.5 Å². The standard InChI is InChI=1S/C17H12BrFN4O2/c1-25-14-5-3-10-15-13(7-20-16(10)22-14)21-17(24)23(15)8-9-2-4-11(18)12(19)6-9/h2-7H,8H2,1H3,(H,21,24). The van der Waals surface area contributed by atoms with Gasteiger partial charge >= 0.3 is 5.69 Å². The highest BCUT2D eigenvalue weighted by Crippen LogP contribution is 2.24. The molecule has 0 saturated heterocycles. The minimum Gasteiger partial charge on any atom is -0.481 e. The van der Waals surface area contributed by atoms with Crippen molar-refractivity contribution in [2.45, 2.75) is 6.54 Å². The van der Waals surface area contributed by atoms with Crippen LogP contribution in [0.2, 0.25) is 0 Å². The molecule has 0 bridgehead atoms. The first kappa shape index (κ1) is 15.8. The van der Waals surface area contributed by atoms with Crippen LogP contribution in [-0.2, 0) is 6.54 Å². The number of aromatic amines is 1. The molecule has 0 aliphatic carbocycles. The Balaban J connectivity index is 1.93. The van der Waals surface area contributed by atoms with Crippen LogP contribution in [0.5, 0.6) is 5.88 Å². The molecule has 4 rings (SSSR count). The molecule has 0 radical (unpaired) electrons. The van der Waals surface area contributed by atoms with Gasteiger partial charge in [0.15, 0.2) is 5.65 Å². The van der Waals surface area contributed by atoms with Crippen molar-refractivity contribution in [3.05, 3.63) is 62.9 Å². The first-order chi connectivity index (χ1) is 12.1. The van der Waals surface area contributed by atoms with Crippen molar-refractivity contribution in [1.29, 1.82) is 0 Å². The van der Waals surface area contributed by atoms with E-state index in [1.807, 2.05) is 6.07 Å². The summed E-state index contributed by atoms with van der Waals surface area (Å²) in [5.74, 6) is 0.0714. The Morgan fingerprint density at radius 3 is 2.92 bits per heavy atom. The van der Waals surface area contributed by atoms with Gasteiger partial charge in [-0.05, 0) is 39.7 Å². The predicted octanol–water partition coefficient (Wildman–Crippen LogP) is 3.23. The van der Waals surface area contributed by atoms with Crippen LogP contribution in [0, 0.1) is 5.82 Å². The van der Waals surface area contributed by atoms with Gasteiger partial charge in [-0.15, -0.1) is 0 Å².